The van der Waals surface area contributed by atoms with E-state index in [2.05, 4.69) is 21.2 Å². The summed E-state index contributed by atoms with van der Waals surface area (Å²) < 4.78 is 0. The first-order valence-electron chi connectivity index (χ1n) is 10.0. The minimum atomic E-state index is -0.423. The molecule has 0 aliphatic carbocycles. The van der Waals surface area contributed by atoms with Gasteiger partial charge in [-0.1, -0.05) is 58.6 Å². The second kappa shape index (κ2) is 9.41. The van der Waals surface area contributed by atoms with Gasteiger partial charge in [-0.2, -0.15) is 5.10 Å². The first-order chi connectivity index (χ1) is 15.3. The van der Waals surface area contributed by atoms with Crippen LogP contribution in [0.4, 0.5) is 16.2 Å². The molecule has 5 nitrogen and oxygen atoms in total. The highest BCUT2D eigenvalue weighted by molar-refractivity contribution is 6.35. The van der Waals surface area contributed by atoms with E-state index in [4.69, 9.17) is 34.8 Å². The normalized spacial score (nSPS) is 16.3. The molecule has 0 radical (unpaired) electrons. The van der Waals surface area contributed by atoms with Crippen LogP contribution in [0.2, 0.25) is 15.1 Å². The summed E-state index contributed by atoms with van der Waals surface area (Å²) in [5, 5.41) is 12.4. The number of nitrogens with zero attached hydrogens (tertiary/aromatic N) is 1. The molecule has 8 heteroatoms. The van der Waals surface area contributed by atoms with Gasteiger partial charge in [0.25, 0.3) is 0 Å². The standard InChI is InChI=1S/C24H21Cl3N4O/c1-13-3-7-20(14(2)9-13)29-24(32)31-30-23-12-22(17-6-4-16(26)11-19(17)27)28-21-8-5-15(25)10-18(21)23/h3-11,22,28H,12H2,1-2H3,(H2,29,31,32). The number of urea groups is 1. The molecule has 1 atom stereocenters. The molecule has 0 aromatic heterocycles. The Hall–Kier alpha value is -2.73. The number of benzene rings is 3. The number of halogens is 3. The van der Waals surface area contributed by atoms with Crippen molar-refractivity contribution in [2.75, 3.05) is 10.6 Å². The van der Waals surface area contributed by atoms with Crippen LogP contribution in [-0.4, -0.2) is 11.7 Å². The second-order valence-corrected chi connectivity index (χ2v) is 8.98. The highest BCUT2D eigenvalue weighted by atomic mass is 35.5. The Labute approximate surface area is 201 Å². The lowest BCUT2D eigenvalue weighted by Crippen LogP contribution is -2.29. The van der Waals surface area contributed by atoms with E-state index in [-0.39, 0.29) is 6.04 Å². The topological polar surface area (TPSA) is 65.5 Å². The third kappa shape index (κ3) is 5.01. The van der Waals surface area contributed by atoms with Crippen molar-refractivity contribution < 1.29 is 4.79 Å². The van der Waals surface area contributed by atoms with Crippen LogP contribution in [0, 0.1) is 13.8 Å². The molecule has 1 aliphatic rings. The molecule has 1 aliphatic heterocycles. The largest absolute Gasteiger partial charge is 0.377 e. The van der Waals surface area contributed by atoms with Crippen LogP contribution in [0.15, 0.2) is 59.7 Å². The molecule has 2 amide bonds. The van der Waals surface area contributed by atoms with E-state index in [9.17, 15) is 4.79 Å². The minimum absolute atomic E-state index is 0.142. The molecule has 0 fully saturated rings. The van der Waals surface area contributed by atoms with Crippen molar-refractivity contribution in [1.82, 2.24) is 5.43 Å². The SMILES string of the molecule is Cc1ccc(NC(=O)NN=C2CC(c3ccc(Cl)cc3Cl)Nc3ccc(Cl)cc32)c(C)c1. The third-order valence-corrected chi connectivity index (χ3v) is 6.08. The molecule has 0 bridgehead atoms. The molecule has 32 heavy (non-hydrogen) atoms. The zero-order valence-electron chi connectivity index (χ0n) is 17.5. The Bertz CT molecular complexity index is 1230. The number of amides is 2. The number of rotatable bonds is 3. The Morgan fingerprint density at radius 2 is 1.75 bits per heavy atom. The lowest BCUT2D eigenvalue weighted by atomic mass is 9.92. The molecular weight excluding hydrogens is 467 g/mol. The van der Waals surface area contributed by atoms with Crippen molar-refractivity contribution in [3.63, 3.8) is 0 Å². The van der Waals surface area contributed by atoms with E-state index in [1.165, 1.54) is 0 Å². The van der Waals surface area contributed by atoms with Gasteiger partial charge in [0.2, 0.25) is 0 Å². The molecule has 1 unspecified atom stereocenters. The number of anilines is 2. The van der Waals surface area contributed by atoms with E-state index in [1.54, 1.807) is 18.2 Å². The summed E-state index contributed by atoms with van der Waals surface area (Å²) in [4.78, 5) is 12.5. The van der Waals surface area contributed by atoms with Gasteiger partial charge < -0.3 is 10.6 Å². The number of fused-ring (bicyclic) bond motifs is 1. The first-order valence-corrected chi connectivity index (χ1v) is 11.2. The van der Waals surface area contributed by atoms with Crippen LogP contribution in [0.1, 0.15) is 34.7 Å². The van der Waals surface area contributed by atoms with Gasteiger partial charge in [-0.3, -0.25) is 0 Å². The molecule has 4 rings (SSSR count). The zero-order chi connectivity index (χ0) is 22.8. The minimum Gasteiger partial charge on any atom is -0.377 e. The predicted octanol–water partition coefficient (Wildman–Crippen LogP) is 7.35. The average Bonchev–Trinajstić information content (AvgIpc) is 2.74. The fourth-order valence-electron chi connectivity index (χ4n) is 3.72. The Balaban J connectivity index is 1.60. The van der Waals surface area contributed by atoms with E-state index in [1.807, 2.05) is 50.2 Å². The summed E-state index contributed by atoms with van der Waals surface area (Å²) in [6.07, 6.45) is 0.499. The quantitative estimate of drug-likeness (QED) is 0.338. The molecular formula is C24H21Cl3N4O. The van der Waals surface area contributed by atoms with Gasteiger partial charge in [0, 0.05) is 38.4 Å². The maximum Gasteiger partial charge on any atom is 0.339 e. The van der Waals surface area contributed by atoms with E-state index in [0.29, 0.717) is 27.2 Å². The van der Waals surface area contributed by atoms with Gasteiger partial charge in [0.15, 0.2) is 0 Å². The fourth-order valence-corrected chi connectivity index (χ4v) is 4.44. The zero-order valence-corrected chi connectivity index (χ0v) is 19.7. The second-order valence-electron chi connectivity index (χ2n) is 7.70. The van der Waals surface area contributed by atoms with Crippen LogP contribution >= 0.6 is 34.8 Å². The summed E-state index contributed by atoms with van der Waals surface area (Å²) in [5.74, 6) is 0. The van der Waals surface area contributed by atoms with E-state index in [0.717, 1.165) is 33.6 Å². The molecule has 0 saturated carbocycles. The van der Waals surface area contributed by atoms with Gasteiger partial charge >= 0.3 is 6.03 Å². The number of aryl methyl sites for hydroxylation is 2. The van der Waals surface area contributed by atoms with Gasteiger partial charge in [-0.05, 0) is 61.4 Å². The number of hydrazone groups is 1. The summed E-state index contributed by atoms with van der Waals surface area (Å²) in [5.41, 5.74) is 8.71. The molecule has 3 N–H and O–H groups in total. The lowest BCUT2D eigenvalue weighted by Gasteiger charge is -2.29. The van der Waals surface area contributed by atoms with Crippen LogP contribution in [0.5, 0.6) is 0 Å². The Kier molecular flexibility index (Phi) is 6.60. The van der Waals surface area contributed by atoms with E-state index < -0.39 is 6.03 Å². The van der Waals surface area contributed by atoms with Crippen molar-refractivity contribution in [3.05, 3.63) is 91.9 Å². The Morgan fingerprint density at radius 1 is 1.00 bits per heavy atom. The predicted molar refractivity (Wildman–Crippen MR) is 134 cm³/mol. The molecule has 164 valence electrons. The molecule has 3 aromatic carbocycles. The highest BCUT2D eigenvalue weighted by Gasteiger charge is 2.26. The summed E-state index contributed by atoms with van der Waals surface area (Å²) in [6, 6.07) is 16.2. The van der Waals surface area contributed by atoms with Gasteiger partial charge in [-0.25, -0.2) is 10.2 Å². The number of carbonyl (C=O) groups is 1. The van der Waals surface area contributed by atoms with Crippen LogP contribution < -0.4 is 16.1 Å². The number of hydrogen-bond acceptors (Lipinski definition) is 3. The fraction of sp³-hybridized carbons (Fsp3) is 0.167. The maximum absolute atomic E-state index is 12.5. The molecule has 1 heterocycles. The maximum atomic E-state index is 12.5. The number of carbonyl (C=O) groups excluding carboxylic acids is 1. The van der Waals surface area contributed by atoms with Crippen molar-refractivity contribution in [3.8, 4) is 0 Å². The van der Waals surface area contributed by atoms with Crippen molar-refractivity contribution >= 4 is 57.9 Å². The molecule has 0 saturated heterocycles. The van der Waals surface area contributed by atoms with Gasteiger partial charge in [0.05, 0.1) is 11.8 Å². The number of hydrogen-bond donors (Lipinski definition) is 3. The third-order valence-electron chi connectivity index (χ3n) is 5.28. The highest BCUT2D eigenvalue weighted by Crippen LogP contribution is 2.37. The summed E-state index contributed by atoms with van der Waals surface area (Å²) >= 11 is 18.7. The summed E-state index contributed by atoms with van der Waals surface area (Å²) in [6.45, 7) is 3.95. The smallest absolute Gasteiger partial charge is 0.339 e. The van der Waals surface area contributed by atoms with Crippen molar-refractivity contribution in [2.24, 2.45) is 5.10 Å². The van der Waals surface area contributed by atoms with Gasteiger partial charge in [-0.15, -0.1) is 0 Å². The first kappa shape index (κ1) is 22.5. The number of nitrogens with one attached hydrogen (secondary N) is 3. The van der Waals surface area contributed by atoms with Crippen molar-refractivity contribution in [2.45, 2.75) is 26.3 Å². The molecule has 3 aromatic rings. The van der Waals surface area contributed by atoms with Crippen LogP contribution in [0.25, 0.3) is 0 Å². The monoisotopic (exact) mass is 486 g/mol. The molecule has 0 spiro atoms. The van der Waals surface area contributed by atoms with Crippen LogP contribution in [-0.2, 0) is 0 Å². The van der Waals surface area contributed by atoms with E-state index >= 15 is 0 Å². The van der Waals surface area contributed by atoms with Crippen LogP contribution in [0.3, 0.4) is 0 Å². The summed E-state index contributed by atoms with van der Waals surface area (Å²) in [7, 11) is 0. The average molecular weight is 488 g/mol. The Morgan fingerprint density at radius 3 is 2.50 bits per heavy atom. The van der Waals surface area contributed by atoms with Crippen molar-refractivity contribution in [1.29, 1.82) is 0 Å². The lowest BCUT2D eigenvalue weighted by molar-refractivity contribution is 0.252. The van der Waals surface area contributed by atoms with Gasteiger partial charge in [0.1, 0.15) is 0 Å².